The van der Waals surface area contributed by atoms with Gasteiger partial charge in [0, 0.05) is 17.3 Å². The van der Waals surface area contributed by atoms with Crippen LogP contribution >= 0.6 is 34.8 Å². The van der Waals surface area contributed by atoms with Gasteiger partial charge < -0.3 is 5.11 Å². The second-order valence-electron chi connectivity index (χ2n) is 6.10. The van der Waals surface area contributed by atoms with E-state index in [-0.39, 0.29) is 27.2 Å². The number of nitrogens with zero attached hydrogens (tertiary/aromatic N) is 3. The molecular formula is C21H11Cl3FN3O. The van der Waals surface area contributed by atoms with Gasteiger partial charge in [0.15, 0.2) is 5.15 Å². The highest BCUT2D eigenvalue weighted by Crippen LogP contribution is 2.44. The zero-order valence-electron chi connectivity index (χ0n) is 14.6. The molecule has 4 nitrogen and oxygen atoms in total. The summed E-state index contributed by atoms with van der Waals surface area (Å²) in [5.74, 6) is -0.456. The minimum atomic E-state index is -0.480. The van der Waals surface area contributed by atoms with E-state index in [2.05, 4.69) is 15.2 Å². The van der Waals surface area contributed by atoms with E-state index >= 15 is 0 Å². The molecule has 1 N–H and O–H groups in total. The molecule has 0 aliphatic rings. The molecule has 0 aliphatic carbocycles. The quantitative estimate of drug-likeness (QED) is 0.381. The summed E-state index contributed by atoms with van der Waals surface area (Å²) in [6, 6.07) is 14.1. The van der Waals surface area contributed by atoms with Crippen molar-refractivity contribution in [3.63, 3.8) is 0 Å². The summed E-state index contributed by atoms with van der Waals surface area (Å²) in [6.45, 7) is 0. The lowest BCUT2D eigenvalue weighted by atomic mass is 9.93. The van der Waals surface area contributed by atoms with Crippen molar-refractivity contribution in [1.82, 2.24) is 15.2 Å². The van der Waals surface area contributed by atoms with Crippen molar-refractivity contribution < 1.29 is 9.50 Å². The normalized spacial score (nSPS) is 10.9. The van der Waals surface area contributed by atoms with E-state index in [1.54, 1.807) is 30.3 Å². The number of rotatable bonds is 3. The van der Waals surface area contributed by atoms with E-state index in [4.69, 9.17) is 34.8 Å². The molecule has 2 heterocycles. The Morgan fingerprint density at radius 1 is 0.828 bits per heavy atom. The summed E-state index contributed by atoms with van der Waals surface area (Å²) in [5, 5.41) is 18.8. The molecular weight excluding hydrogens is 436 g/mol. The van der Waals surface area contributed by atoms with E-state index < -0.39 is 5.82 Å². The van der Waals surface area contributed by atoms with Crippen LogP contribution in [0.5, 0.6) is 5.75 Å². The molecule has 4 aromatic rings. The maximum absolute atomic E-state index is 14.6. The average molecular weight is 447 g/mol. The molecule has 4 rings (SSSR count). The lowest BCUT2D eigenvalue weighted by Gasteiger charge is -2.16. The van der Waals surface area contributed by atoms with Gasteiger partial charge in [-0.25, -0.2) is 4.39 Å². The number of aromatic hydroxyl groups is 1. The number of aromatic nitrogens is 3. The summed E-state index contributed by atoms with van der Waals surface area (Å²) >= 11 is 18.8. The Balaban J connectivity index is 2.13. The molecule has 0 atom stereocenters. The third-order valence-corrected chi connectivity index (χ3v) is 5.00. The Bertz CT molecular complexity index is 1230. The highest BCUT2D eigenvalue weighted by Gasteiger charge is 2.24. The van der Waals surface area contributed by atoms with Gasteiger partial charge in [-0.05, 0) is 35.9 Å². The molecule has 0 spiro atoms. The third-order valence-electron chi connectivity index (χ3n) is 4.24. The van der Waals surface area contributed by atoms with Gasteiger partial charge in [0.1, 0.15) is 17.3 Å². The zero-order valence-corrected chi connectivity index (χ0v) is 16.8. The number of pyridine rings is 1. The van der Waals surface area contributed by atoms with Crippen molar-refractivity contribution in [2.45, 2.75) is 0 Å². The number of phenolic OH excluding ortho intramolecular Hbond substituents is 1. The highest BCUT2D eigenvalue weighted by atomic mass is 35.5. The van der Waals surface area contributed by atoms with Gasteiger partial charge in [0.2, 0.25) is 0 Å². The summed E-state index contributed by atoms with van der Waals surface area (Å²) in [6.07, 6.45) is 1.43. The van der Waals surface area contributed by atoms with Crippen LogP contribution in [0.4, 0.5) is 4.39 Å². The monoisotopic (exact) mass is 445 g/mol. The van der Waals surface area contributed by atoms with Crippen molar-refractivity contribution in [3.8, 4) is 39.4 Å². The topological polar surface area (TPSA) is 58.9 Å². The first kappa shape index (κ1) is 19.6. The van der Waals surface area contributed by atoms with Gasteiger partial charge in [-0.3, -0.25) is 4.98 Å². The molecule has 0 saturated carbocycles. The first-order valence-electron chi connectivity index (χ1n) is 8.37. The molecule has 29 heavy (non-hydrogen) atoms. The van der Waals surface area contributed by atoms with Crippen molar-refractivity contribution in [2.24, 2.45) is 0 Å². The molecule has 0 amide bonds. The molecule has 0 fully saturated rings. The standard InChI is InChI=1S/C21H11Cl3FN3O/c22-12-9-15(23)20(26-10-12)18-17(11-4-3-5-13(29)8-11)19(27-28-21(18)24)14-6-1-2-7-16(14)25/h1-10,29H. The van der Waals surface area contributed by atoms with Gasteiger partial charge in [-0.15, -0.1) is 10.2 Å². The second-order valence-corrected chi connectivity index (χ2v) is 7.31. The van der Waals surface area contributed by atoms with Crippen molar-refractivity contribution in [1.29, 1.82) is 0 Å². The first-order valence-corrected chi connectivity index (χ1v) is 9.51. The lowest BCUT2D eigenvalue weighted by Crippen LogP contribution is -2.01. The largest absolute Gasteiger partial charge is 0.508 e. The third kappa shape index (κ3) is 3.77. The molecule has 0 aliphatic heterocycles. The van der Waals surface area contributed by atoms with Gasteiger partial charge in [0.05, 0.1) is 21.3 Å². The molecule has 0 unspecified atom stereocenters. The van der Waals surface area contributed by atoms with Crippen molar-refractivity contribution >= 4 is 34.8 Å². The summed E-state index contributed by atoms with van der Waals surface area (Å²) < 4.78 is 14.6. The number of halogens is 4. The number of phenols is 1. The zero-order chi connectivity index (χ0) is 20.5. The lowest BCUT2D eigenvalue weighted by molar-refractivity contribution is 0.475. The van der Waals surface area contributed by atoms with Crippen molar-refractivity contribution in [2.75, 3.05) is 0 Å². The van der Waals surface area contributed by atoms with Crippen LogP contribution < -0.4 is 0 Å². The molecule has 0 radical (unpaired) electrons. The Morgan fingerprint density at radius 2 is 1.62 bits per heavy atom. The fourth-order valence-electron chi connectivity index (χ4n) is 3.01. The average Bonchev–Trinajstić information content (AvgIpc) is 2.69. The Morgan fingerprint density at radius 3 is 2.34 bits per heavy atom. The van der Waals surface area contributed by atoms with Crippen LogP contribution in [-0.2, 0) is 0 Å². The number of hydrogen-bond donors (Lipinski definition) is 1. The maximum Gasteiger partial charge on any atom is 0.161 e. The molecule has 0 saturated heterocycles. The van der Waals surface area contributed by atoms with E-state index in [0.29, 0.717) is 27.4 Å². The van der Waals surface area contributed by atoms with Crippen LogP contribution in [0.2, 0.25) is 15.2 Å². The van der Waals surface area contributed by atoms with E-state index in [9.17, 15) is 9.50 Å². The predicted octanol–water partition coefficient (Wildman–Crippen LogP) is 6.68. The highest BCUT2D eigenvalue weighted by molar-refractivity contribution is 6.38. The SMILES string of the molecule is Oc1cccc(-c2c(-c3ccccc3F)nnc(Cl)c2-c2ncc(Cl)cc2Cl)c1. The molecule has 2 aromatic carbocycles. The van der Waals surface area contributed by atoms with Gasteiger partial charge >= 0.3 is 0 Å². The Kier molecular flexibility index (Phi) is 5.37. The molecule has 2 aromatic heterocycles. The van der Waals surface area contributed by atoms with Crippen LogP contribution in [0.3, 0.4) is 0 Å². The van der Waals surface area contributed by atoms with Crippen LogP contribution in [0.15, 0.2) is 60.8 Å². The van der Waals surface area contributed by atoms with E-state index in [1.807, 2.05) is 0 Å². The summed E-state index contributed by atoms with van der Waals surface area (Å²) in [5.41, 5.74) is 2.10. The van der Waals surface area contributed by atoms with Crippen molar-refractivity contribution in [3.05, 3.63) is 81.8 Å². The maximum atomic E-state index is 14.6. The smallest absolute Gasteiger partial charge is 0.161 e. The van der Waals surface area contributed by atoms with Crippen LogP contribution in [0.25, 0.3) is 33.6 Å². The van der Waals surface area contributed by atoms with Gasteiger partial charge in [-0.1, -0.05) is 59.1 Å². The van der Waals surface area contributed by atoms with Gasteiger partial charge in [0.25, 0.3) is 0 Å². The molecule has 144 valence electrons. The number of benzene rings is 2. The first-order chi connectivity index (χ1) is 14.0. The predicted molar refractivity (Wildman–Crippen MR) is 113 cm³/mol. The van der Waals surface area contributed by atoms with Gasteiger partial charge in [-0.2, -0.15) is 0 Å². The minimum absolute atomic E-state index is 0.0241. The summed E-state index contributed by atoms with van der Waals surface area (Å²) in [7, 11) is 0. The second kappa shape index (κ2) is 7.95. The van der Waals surface area contributed by atoms with E-state index in [1.165, 1.54) is 30.5 Å². The molecule has 0 bridgehead atoms. The summed E-state index contributed by atoms with van der Waals surface area (Å²) in [4.78, 5) is 4.30. The molecule has 8 heteroatoms. The van der Waals surface area contributed by atoms with Crippen LogP contribution in [-0.4, -0.2) is 20.3 Å². The Labute approximate surface area is 180 Å². The Hall–Kier alpha value is -2.73. The van der Waals surface area contributed by atoms with E-state index in [0.717, 1.165) is 0 Å². The fourth-order valence-corrected chi connectivity index (χ4v) is 3.71. The van der Waals surface area contributed by atoms with Crippen LogP contribution in [0.1, 0.15) is 0 Å². The minimum Gasteiger partial charge on any atom is -0.508 e. The fraction of sp³-hybridized carbons (Fsp3) is 0. The number of hydrogen-bond acceptors (Lipinski definition) is 4. The van der Waals surface area contributed by atoms with Crippen LogP contribution in [0, 0.1) is 5.82 Å².